The van der Waals surface area contributed by atoms with Crippen LogP contribution in [0.2, 0.25) is 0 Å². The number of benzene rings is 1. The van der Waals surface area contributed by atoms with Crippen molar-refractivity contribution in [3.05, 3.63) is 33.9 Å². The zero-order valence-corrected chi connectivity index (χ0v) is 11.8. The van der Waals surface area contributed by atoms with Crippen molar-refractivity contribution < 1.29 is 13.7 Å². The van der Waals surface area contributed by atoms with Crippen LogP contribution >= 0.6 is 0 Å². The monoisotopic (exact) mass is 287 g/mol. The summed E-state index contributed by atoms with van der Waals surface area (Å²) in [5, 5.41) is 13.7. The molecule has 1 N–H and O–H groups in total. The molecule has 1 rings (SSSR count). The van der Waals surface area contributed by atoms with E-state index in [1.54, 1.807) is 0 Å². The van der Waals surface area contributed by atoms with Crippen molar-refractivity contribution in [2.24, 2.45) is 0 Å². The Balaban J connectivity index is 2.93. The summed E-state index contributed by atoms with van der Waals surface area (Å²) < 4.78 is 26.7. The molecule has 0 amide bonds. The quantitative estimate of drug-likeness (QED) is 0.618. The summed E-state index contributed by atoms with van der Waals surface area (Å²) in [7, 11) is 0. The molecule has 112 valence electrons. The summed E-state index contributed by atoms with van der Waals surface area (Å²) in [6, 6.07) is 1.29. The molecule has 0 spiro atoms. The van der Waals surface area contributed by atoms with Gasteiger partial charge < -0.3 is 10.2 Å². The number of rotatable bonds is 7. The van der Waals surface area contributed by atoms with Crippen LogP contribution in [-0.4, -0.2) is 35.5 Å². The van der Waals surface area contributed by atoms with E-state index in [1.165, 1.54) is 0 Å². The smallest absolute Gasteiger partial charge is 0.327 e. The number of hydrogen-bond donors (Lipinski definition) is 1. The fourth-order valence-corrected chi connectivity index (χ4v) is 2.04. The summed E-state index contributed by atoms with van der Waals surface area (Å²) in [6.45, 7) is 8.11. The first-order chi connectivity index (χ1) is 9.38. The zero-order valence-electron chi connectivity index (χ0n) is 11.8. The number of nitrogens with zero attached hydrogens (tertiary/aromatic N) is 2. The summed E-state index contributed by atoms with van der Waals surface area (Å²) >= 11 is 0. The third kappa shape index (κ3) is 4.12. The first-order valence-electron chi connectivity index (χ1n) is 6.51. The second kappa shape index (κ2) is 7.14. The highest BCUT2D eigenvalue weighted by Crippen LogP contribution is 2.29. The van der Waals surface area contributed by atoms with Crippen LogP contribution in [0.3, 0.4) is 0 Å². The number of nitro benzene ring substituents is 1. The summed E-state index contributed by atoms with van der Waals surface area (Å²) in [4.78, 5) is 12.1. The normalized spacial score (nSPS) is 12.5. The van der Waals surface area contributed by atoms with Crippen molar-refractivity contribution in [2.75, 3.05) is 25.0 Å². The van der Waals surface area contributed by atoms with E-state index in [0.29, 0.717) is 12.6 Å². The van der Waals surface area contributed by atoms with Crippen molar-refractivity contribution in [3.63, 3.8) is 0 Å². The van der Waals surface area contributed by atoms with Crippen molar-refractivity contribution in [1.29, 1.82) is 0 Å². The van der Waals surface area contributed by atoms with E-state index in [0.717, 1.165) is 19.2 Å². The molecule has 20 heavy (non-hydrogen) atoms. The Hall–Kier alpha value is -1.76. The molecule has 5 nitrogen and oxygen atoms in total. The third-order valence-corrected chi connectivity index (χ3v) is 3.04. The number of halogens is 2. The van der Waals surface area contributed by atoms with E-state index in [9.17, 15) is 18.9 Å². The van der Waals surface area contributed by atoms with E-state index in [4.69, 9.17) is 0 Å². The molecule has 1 aromatic carbocycles. The maximum atomic E-state index is 13.5. The summed E-state index contributed by atoms with van der Waals surface area (Å²) in [5.74, 6) is -2.02. The van der Waals surface area contributed by atoms with Crippen LogP contribution in [0.5, 0.6) is 0 Å². The highest BCUT2D eigenvalue weighted by atomic mass is 19.1. The van der Waals surface area contributed by atoms with Crippen molar-refractivity contribution in [2.45, 2.75) is 26.8 Å². The van der Waals surface area contributed by atoms with Gasteiger partial charge >= 0.3 is 5.69 Å². The molecule has 0 aliphatic rings. The second-order valence-electron chi connectivity index (χ2n) is 4.57. The third-order valence-electron chi connectivity index (χ3n) is 3.04. The molecular formula is C13H19F2N3O2. The van der Waals surface area contributed by atoms with Gasteiger partial charge in [0.2, 0.25) is 5.82 Å². The van der Waals surface area contributed by atoms with Crippen LogP contribution in [0.1, 0.15) is 20.8 Å². The fourth-order valence-electron chi connectivity index (χ4n) is 2.04. The minimum absolute atomic E-state index is 0.132. The Morgan fingerprint density at radius 2 is 1.95 bits per heavy atom. The van der Waals surface area contributed by atoms with E-state index in [2.05, 4.69) is 10.2 Å². The molecule has 0 bridgehead atoms. The second-order valence-corrected chi connectivity index (χ2v) is 4.57. The number of likely N-dealkylation sites (N-methyl/N-ethyl adjacent to an activating group) is 1. The van der Waals surface area contributed by atoms with Crippen LogP contribution in [0.4, 0.5) is 20.2 Å². The Bertz CT molecular complexity index is 479. The largest absolute Gasteiger partial charge is 0.376 e. The van der Waals surface area contributed by atoms with Crippen LogP contribution in [0.15, 0.2) is 12.1 Å². The molecule has 0 aromatic heterocycles. The fraction of sp³-hybridized carbons (Fsp3) is 0.538. The van der Waals surface area contributed by atoms with Crippen molar-refractivity contribution >= 4 is 11.4 Å². The Morgan fingerprint density at radius 1 is 1.35 bits per heavy atom. The zero-order chi connectivity index (χ0) is 15.3. The maximum absolute atomic E-state index is 13.5. The number of hydrogen-bond acceptors (Lipinski definition) is 4. The van der Waals surface area contributed by atoms with Gasteiger partial charge in [-0.3, -0.25) is 10.1 Å². The average molecular weight is 287 g/mol. The molecule has 7 heteroatoms. The first-order valence-corrected chi connectivity index (χ1v) is 6.51. The lowest BCUT2D eigenvalue weighted by Crippen LogP contribution is -2.34. The Labute approximate surface area is 116 Å². The van der Waals surface area contributed by atoms with Crippen molar-refractivity contribution in [1.82, 2.24) is 4.90 Å². The van der Waals surface area contributed by atoms with E-state index >= 15 is 0 Å². The molecule has 0 heterocycles. The van der Waals surface area contributed by atoms with E-state index in [1.807, 2.05) is 20.8 Å². The summed E-state index contributed by atoms with van der Waals surface area (Å²) in [6.07, 6.45) is 0. The van der Waals surface area contributed by atoms with Gasteiger partial charge in [-0.05, 0) is 20.0 Å². The minimum atomic E-state index is -1.17. The number of nitrogens with one attached hydrogen (secondary N) is 1. The van der Waals surface area contributed by atoms with Gasteiger partial charge in [0.25, 0.3) is 0 Å². The van der Waals surface area contributed by atoms with Crippen LogP contribution in [0, 0.1) is 21.7 Å². The van der Waals surface area contributed by atoms with E-state index in [-0.39, 0.29) is 11.7 Å². The Kier molecular flexibility index (Phi) is 5.82. The molecule has 0 saturated carbocycles. The molecule has 0 aliphatic carbocycles. The topological polar surface area (TPSA) is 58.4 Å². The molecule has 0 aliphatic heterocycles. The predicted octanol–water partition coefficient (Wildman–Crippen LogP) is 3.02. The van der Waals surface area contributed by atoms with Gasteiger partial charge in [0, 0.05) is 24.7 Å². The van der Waals surface area contributed by atoms with Gasteiger partial charge in [0.1, 0.15) is 11.5 Å². The molecular weight excluding hydrogens is 268 g/mol. The average Bonchev–Trinajstić information content (AvgIpc) is 2.34. The molecule has 0 radical (unpaired) electrons. The molecule has 1 atom stereocenters. The Morgan fingerprint density at radius 3 is 2.45 bits per heavy atom. The van der Waals surface area contributed by atoms with Gasteiger partial charge in [-0.2, -0.15) is 4.39 Å². The molecule has 1 aromatic rings. The molecule has 1 unspecified atom stereocenters. The van der Waals surface area contributed by atoms with Gasteiger partial charge in [0.05, 0.1) is 4.92 Å². The highest BCUT2D eigenvalue weighted by Gasteiger charge is 2.23. The van der Waals surface area contributed by atoms with Crippen LogP contribution in [0.25, 0.3) is 0 Å². The maximum Gasteiger partial charge on any atom is 0.327 e. The molecule has 0 saturated heterocycles. The lowest BCUT2D eigenvalue weighted by atomic mass is 10.2. The molecule has 0 fully saturated rings. The highest BCUT2D eigenvalue weighted by molar-refractivity contribution is 5.62. The van der Waals surface area contributed by atoms with Crippen LogP contribution in [-0.2, 0) is 0 Å². The lowest BCUT2D eigenvalue weighted by molar-refractivity contribution is -0.386. The lowest BCUT2D eigenvalue weighted by Gasteiger charge is -2.24. The first kappa shape index (κ1) is 16.3. The van der Waals surface area contributed by atoms with Crippen molar-refractivity contribution in [3.8, 4) is 0 Å². The van der Waals surface area contributed by atoms with E-state index < -0.39 is 22.2 Å². The SMILES string of the molecule is CCN(CC)CC(C)Nc1cc(F)cc(F)c1[N+](=O)[O-]. The standard InChI is InChI=1S/C13H19F2N3O2/c1-4-17(5-2)8-9(3)16-12-7-10(14)6-11(15)13(12)18(19)20/h6-7,9,16H,4-5,8H2,1-3H3. The van der Waals surface area contributed by atoms with Crippen LogP contribution < -0.4 is 5.32 Å². The van der Waals surface area contributed by atoms with Gasteiger partial charge in [0.15, 0.2) is 0 Å². The summed E-state index contributed by atoms with van der Waals surface area (Å²) in [5.41, 5.74) is -0.857. The van der Waals surface area contributed by atoms with Gasteiger partial charge in [-0.25, -0.2) is 4.39 Å². The van der Waals surface area contributed by atoms with Gasteiger partial charge in [-0.1, -0.05) is 13.8 Å². The number of anilines is 1. The number of nitro groups is 1. The van der Waals surface area contributed by atoms with Gasteiger partial charge in [-0.15, -0.1) is 0 Å². The predicted molar refractivity (Wildman–Crippen MR) is 73.9 cm³/mol. The minimum Gasteiger partial charge on any atom is -0.376 e.